The van der Waals surface area contributed by atoms with Crippen LogP contribution in [0.15, 0.2) is 48.5 Å². The number of aromatic nitrogens is 2. The zero-order chi connectivity index (χ0) is 26.7. The van der Waals surface area contributed by atoms with Crippen LogP contribution in [0.3, 0.4) is 0 Å². The third-order valence-corrected chi connectivity index (χ3v) is 6.33. The van der Waals surface area contributed by atoms with Gasteiger partial charge in [0.05, 0.1) is 10.6 Å². The van der Waals surface area contributed by atoms with Crippen LogP contribution >= 0.6 is 11.6 Å². The molecule has 8 nitrogen and oxygen atoms in total. The van der Waals surface area contributed by atoms with Gasteiger partial charge in [-0.3, -0.25) is 0 Å². The number of anilines is 5. The van der Waals surface area contributed by atoms with E-state index in [1.54, 1.807) is 18.2 Å². The second-order valence-corrected chi connectivity index (χ2v) is 9.21. The van der Waals surface area contributed by atoms with E-state index >= 15 is 0 Å². The first kappa shape index (κ1) is 26.5. The number of hydrogen-bond donors (Lipinski definition) is 2. The Kier molecular flexibility index (Phi) is 7.74. The van der Waals surface area contributed by atoms with Gasteiger partial charge in [0.15, 0.2) is 0 Å². The van der Waals surface area contributed by atoms with Gasteiger partial charge >= 0.3 is 12.2 Å². The largest absolute Gasteiger partial charge is 0.417 e. The van der Waals surface area contributed by atoms with Crippen molar-refractivity contribution in [3.05, 3.63) is 64.9 Å². The van der Waals surface area contributed by atoms with E-state index in [0.717, 1.165) is 49.8 Å². The Bertz CT molecular complexity index is 1280. The zero-order valence-electron chi connectivity index (χ0n) is 20.6. The molecule has 1 aliphatic heterocycles. The number of likely N-dealkylation sites (N-methyl/N-ethyl adjacent to an activating group) is 1. The van der Waals surface area contributed by atoms with Gasteiger partial charge < -0.3 is 25.3 Å². The monoisotopic (exact) mass is 533 g/mol. The van der Waals surface area contributed by atoms with Gasteiger partial charge in [-0.15, -0.1) is 0 Å². The SMILES string of the molecule is Cc1nc(N2CCN(C)CC2)cc(N(C)c2cccc(NC(=O)Nc3ccc(Cl)c(C(F)(F)F)c3)c2)n1. The molecule has 1 aliphatic rings. The van der Waals surface area contributed by atoms with E-state index in [9.17, 15) is 18.0 Å². The summed E-state index contributed by atoms with van der Waals surface area (Å²) in [6, 6.07) is 11.5. The number of amides is 2. The first-order valence-corrected chi connectivity index (χ1v) is 11.9. The Labute approximate surface area is 218 Å². The highest BCUT2D eigenvalue weighted by Crippen LogP contribution is 2.36. The molecule has 1 aromatic heterocycles. The molecule has 2 N–H and O–H groups in total. The lowest BCUT2D eigenvalue weighted by molar-refractivity contribution is -0.137. The lowest BCUT2D eigenvalue weighted by atomic mass is 10.2. The second kappa shape index (κ2) is 10.8. The molecule has 0 bridgehead atoms. The van der Waals surface area contributed by atoms with E-state index in [4.69, 9.17) is 11.6 Å². The molecule has 2 aromatic carbocycles. The van der Waals surface area contributed by atoms with Crippen molar-refractivity contribution in [2.75, 3.05) is 60.7 Å². The first-order valence-electron chi connectivity index (χ1n) is 11.6. The van der Waals surface area contributed by atoms with Crippen LogP contribution in [0.25, 0.3) is 0 Å². The molecular weight excluding hydrogens is 507 g/mol. The topological polar surface area (TPSA) is 76.6 Å². The number of benzene rings is 2. The molecule has 0 radical (unpaired) electrons. The van der Waals surface area contributed by atoms with Crippen molar-refractivity contribution < 1.29 is 18.0 Å². The number of alkyl halides is 3. The molecule has 1 saturated heterocycles. The van der Waals surface area contributed by atoms with E-state index in [2.05, 4.69) is 37.4 Å². The molecule has 0 saturated carbocycles. The summed E-state index contributed by atoms with van der Waals surface area (Å²) in [6.45, 7) is 5.51. The second-order valence-electron chi connectivity index (χ2n) is 8.80. The van der Waals surface area contributed by atoms with Gasteiger partial charge in [-0.25, -0.2) is 14.8 Å². The average Bonchev–Trinajstić information content (AvgIpc) is 2.84. The maximum absolute atomic E-state index is 13.1. The van der Waals surface area contributed by atoms with Crippen molar-refractivity contribution in [1.82, 2.24) is 14.9 Å². The fourth-order valence-electron chi connectivity index (χ4n) is 3.94. The summed E-state index contributed by atoms with van der Waals surface area (Å²) in [6.07, 6.45) is -4.63. The molecule has 1 fully saturated rings. The van der Waals surface area contributed by atoms with E-state index in [1.807, 2.05) is 31.0 Å². The Balaban J connectivity index is 1.47. The Morgan fingerprint density at radius 1 is 1.00 bits per heavy atom. The fraction of sp³-hybridized carbons (Fsp3) is 0.320. The molecule has 0 atom stereocenters. The molecule has 0 aliphatic carbocycles. The Morgan fingerprint density at radius 2 is 1.68 bits per heavy atom. The number of urea groups is 1. The standard InChI is InChI=1S/C25H27ClF3N7O/c1-16-30-22(15-23(31-16)36-11-9-34(2)10-12-36)35(3)19-6-4-5-17(13-19)32-24(37)33-18-7-8-21(26)20(14-18)25(27,28)29/h4-8,13-15H,9-12H2,1-3H3,(H2,32,33,37). The molecule has 196 valence electrons. The van der Waals surface area contributed by atoms with E-state index in [0.29, 0.717) is 17.3 Å². The molecule has 12 heteroatoms. The summed E-state index contributed by atoms with van der Waals surface area (Å²) in [5.74, 6) is 2.20. The normalized spacial score (nSPS) is 14.4. The lowest BCUT2D eigenvalue weighted by Crippen LogP contribution is -2.45. The maximum atomic E-state index is 13.1. The third-order valence-electron chi connectivity index (χ3n) is 6.00. The van der Waals surface area contributed by atoms with Crippen molar-refractivity contribution >= 4 is 46.3 Å². The van der Waals surface area contributed by atoms with Gasteiger partial charge in [-0.1, -0.05) is 17.7 Å². The number of rotatable bonds is 5. The average molecular weight is 534 g/mol. The highest BCUT2D eigenvalue weighted by atomic mass is 35.5. The highest BCUT2D eigenvalue weighted by Gasteiger charge is 2.33. The summed E-state index contributed by atoms with van der Waals surface area (Å²) in [5.41, 5.74) is 0.157. The Morgan fingerprint density at radius 3 is 2.35 bits per heavy atom. The predicted octanol–water partition coefficient (Wildman–Crippen LogP) is 5.62. The van der Waals surface area contributed by atoms with Gasteiger partial charge in [-0.05, 0) is 50.4 Å². The maximum Gasteiger partial charge on any atom is 0.417 e. The van der Waals surface area contributed by atoms with Crippen LogP contribution in [-0.2, 0) is 6.18 Å². The lowest BCUT2D eigenvalue weighted by Gasteiger charge is -2.33. The van der Waals surface area contributed by atoms with Crippen LogP contribution in [0.2, 0.25) is 5.02 Å². The minimum atomic E-state index is -4.63. The Hall–Kier alpha value is -3.57. The molecule has 2 amide bonds. The number of carbonyl (C=O) groups is 1. The number of aryl methyl sites for hydroxylation is 1. The summed E-state index contributed by atoms with van der Waals surface area (Å²) in [5, 5.41) is 4.63. The molecular formula is C25H27ClF3N7O. The first-order chi connectivity index (χ1) is 17.5. The van der Waals surface area contributed by atoms with Crippen molar-refractivity contribution in [2.24, 2.45) is 0 Å². The molecule has 2 heterocycles. The van der Waals surface area contributed by atoms with Crippen LogP contribution in [0.5, 0.6) is 0 Å². The van der Waals surface area contributed by atoms with Gasteiger partial charge in [0.2, 0.25) is 0 Å². The minimum Gasteiger partial charge on any atom is -0.354 e. The minimum absolute atomic E-state index is 0.0320. The van der Waals surface area contributed by atoms with Crippen LogP contribution in [0, 0.1) is 6.92 Å². The van der Waals surface area contributed by atoms with Crippen molar-refractivity contribution in [3.63, 3.8) is 0 Å². The molecule has 0 spiro atoms. The molecule has 0 unspecified atom stereocenters. The van der Waals surface area contributed by atoms with Crippen LogP contribution in [0.1, 0.15) is 11.4 Å². The number of piperazine rings is 1. The van der Waals surface area contributed by atoms with Gasteiger partial charge in [0, 0.05) is 56.4 Å². The fourth-order valence-corrected chi connectivity index (χ4v) is 4.17. The highest BCUT2D eigenvalue weighted by molar-refractivity contribution is 6.31. The molecule has 4 rings (SSSR count). The summed E-state index contributed by atoms with van der Waals surface area (Å²) in [7, 11) is 3.96. The smallest absolute Gasteiger partial charge is 0.354 e. The number of nitrogens with zero attached hydrogens (tertiary/aromatic N) is 5. The molecule has 37 heavy (non-hydrogen) atoms. The summed E-state index contributed by atoms with van der Waals surface area (Å²) in [4.78, 5) is 28.1. The quantitative estimate of drug-likeness (QED) is 0.443. The van der Waals surface area contributed by atoms with Crippen LogP contribution < -0.4 is 20.4 Å². The van der Waals surface area contributed by atoms with Crippen molar-refractivity contribution in [2.45, 2.75) is 13.1 Å². The van der Waals surface area contributed by atoms with Gasteiger partial charge in [0.1, 0.15) is 17.5 Å². The van der Waals surface area contributed by atoms with E-state index in [1.165, 1.54) is 6.07 Å². The van der Waals surface area contributed by atoms with E-state index < -0.39 is 22.8 Å². The summed E-state index contributed by atoms with van der Waals surface area (Å²) >= 11 is 5.65. The van der Waals surface area contributed by atoms with Crippen LogP contribution in [0.4, 0.5) is 46.7 Å². The number of nitrogens with one attached hydrogen (secondary N) is 2. The van der Waals surface area contributed by atoms with Gasteiger partial charge in [0.25, 0.3) is 0 Å². The van der Waals surface area contributed by atoms with Crippen LogP contribution in [-0.4, -0.2) is 61.2 Å². The number of halogens is 4. The predicted molar refractivity (Wildman–Crippen MR) is 140 cm³/mol. The van der Waals surface area contributed by atoms with E-state index in [-0.39, 0.29) is 5.69 Å². The van der Waals surface area contributed by atoms with Crippen molar-refractivity contribution in [3.8, 4) is 0 Å². The number of hydrogen-bond acceptors (Lipinski definition) is 6. The van der Waals surface area contributed by atoms with Crippen molar-refractivity contribution in [1.29, 1.82) is 0 Å². The number of carbonyl (C=O) groups excluding carboxylic acids is 1. The summed E-state index contributed by atoms with van der Waals surface area (Å²) < 4.78 is 39.3. The zero-order valence-corrected chi connectivity index (χ0v) is 21.4. The molecule has 3 aromatic rings. The van der Waals surface area contributed by atoms with Gasteiger partial charge in [-0.2, -0.15) is 13.2 Å². The third kappa shape index (κ3) is 6.60.